The van der Waals surface area contributed by atoms with Crippen molar-refractivity contribution in [2.45, 2.75) is 31.8 Å². The molecule has 1 saturated heterocycles. The molecule has 1 atom stereocenters. The number of nitrogens with zero attached hydrogens (tertiary/aromatic N) is 5. The lowest BCUT2D eigenvalue weighted by Gasteiger charge is -2.46. The lowest BCUT2D eigenvalue weighted by atomic mass is 9.75. The van der Waals surface area contributed by atoms with E-state index in [1.54, 1.807) is 19.3 Å². The molecular weight excluding hydrogens is 420 g/mol. The number of likely N-dealkylation sites (tertiary alicyclic amines) is 1. The monoisotopic (exact) mass is 446 g/mol. The standard InChI is InChI=1S/C24H26N6OS/c1-15-10-27-22(25)28-20(15)30-14-24(12-29(4)13-24)18-6-5-17(9-19(18)30)7-8-23(3,31)21-26-11-16(2)32-21/h5-6,9-11,31H,12-14H2,1-4H3,(H2,25,27,28). The Morgan fingerprint density at radius 3 is 2.66 bits per heavy atom. The van der Waals surface area contributed by atoms with Gasteiger partial charge in [-0.2, -0.15) is 4.98 Å². The summed E-state index contributed by atoms with van der Waals surface area (Å²) in [5.41, 5.74) is 8.92. The molecule has 5 rings (SSSR count). The van der Waals surface area contributed by atoms with Crippen LogP contribution in [-0.2, 0) is 11.0 Å². The van der Waals surface area contributed by atoms with Crippen molar-refractivity contribution in [3.05, 3.63) is 57.2 Å². The maximum atomic E-state index is 10.8. The first-order valence-electron chi connectivity index (χ1n) is 10.6. The van der Waals surface area contributed by atoms with Gasteiger partial charge in [0.1, 0.15) is 10.8 Å². The fourth-order valence-corrected chi connectivity index (χ4v) is 5.51. The Balaban J connectivity index is 1.55. The minimum absolute atomic E-state index is 0.0755. The summed E-state index contributed by atoms with van der Waals surface area (Å²) in [5, 5.41) is 11.4. The molecule has 8 heteroatoms. The zero-order chi connectivity index (χ0) is 22.7. The van der Waals surface area contributed by atoms with Crippen LogP contribution in [0.4, 0.5) is 17.5 Å². The molecule has 0 amide bonds. The minimum atomic E-state index is -1.30. The highest BCUT2D eigenvalue weighted by atomic mass is 32.1. The number of fused-ring (bicyclic) bond motifs is 2. The quantitative estimate of drug-likeness (QED) is 0.585. The molecule has 2 aromatic heterocycles. The molecule has 7 nitrogen and oxygen atoms in total. The van der Waals surface area contributed by atoms with Crippen molar-refractivity contribution in [1.29, 1.82) is 0 Å². The molecule has 0 bridgehead atoms. The average molecular weight is 447 g/mol. The molecule has 0 radical (unpaired) electrons. The van der Waals surface area contributed by atoms with E-state index in [1.807, 2.05) is 19.9 Å². The maximum Gasteiger partial charge on any atom is 0.221 e. The summed E-state index contributed by atoms with van der Waals surface area (Å²) in [4.78, 5) is 18.6. The lowest BCUT2D eigenvalue weighted by molar-refractivity contribution is 0.107. The SMILES string of the molecule is Cc1cnc(C(C)(O)C#Cc2ccc3c(c2)N(c2nc(N)ncc2C)CC32CN(C)C2)s1. The van der Waals surface area contributed by atoms with E-state index < -0.39 is 5.60 Å². The number of nitrogen functional groups attached to an aromatic ring is 1. The van der Waals surface area contributed by atoms with Crippen molar-refractivity contribution in [2.24, 2.45) is 0 Å². The van der Waals surface area contributed by atoms with Gasteiger partial charge in [-0.05, 0) is 45.5 Å². The Bertz CT molecular complexity index is 1260. The van der Waals surface area contributed by atoms with E-state index in [4.69, 9.17) is 5.73 Å². The summed E-state index contributed by atoms with van der Waals surface area (Å²) < 4.78 is 0. The van der Waals surface area contributed by atoms with Gasteiger partial charge in [-0.15, -0.1) is 11.3 Å². The predicted octanol–water partition coefficient (Wildman–Crippen LogP) is 2.73. The first-order chi connectivity index (χ1) is 15.2. The molecular formula is C24H26N6OS. The van der Waals surface area contributed by atoms with Gasteiger partial charge in [-0.25, -0.2) is 9.97 Å². The number of rotatable bonds is 2. The first-order valence-corrected chi connectivity index (χ1v) is 11.4. The molecule has 1 fully saturated rings. The van der Waals surface area contributed by atoms with Gasteiger partial charge in [0.05, 0.1) is 0 Å². The molecule has 164 valence electrons. The summed E-state index contributed by atoms with van der Waals surface area (Å²) in [7, 11) is 2.14. The average Bonchev–Trinajstić information content (AvgIpc) is 3.31. The summed E-state index contributed by atoms with van der Waals surface area (Å²) in [6.07, 6.45) is 3.53. The van der Waals surface area contributed by atoms with Crippen molar-refractivity contribution in [2.75, 3.05) is 37.3 Å². The van der Waals surface area contributed by atoms with E-state index in [9.17, 15) is 5.11 Å². The number of nitrogens with two attached hydrogens (primary N) is 1. The Hall–Kier alpha value is -2.99. The van der Waals surface area contributed by atoms with E-state index in [2.05, 4.69) is 55.8 Å². The fraction of sp³-hybridized carbons (Fsp3) is 0.375. The van der Waals surface area contributed by atoms with E-state index in [1.165, 1.54) is 16.9 Å². The number of aryl methyl sites for hydroxylation is 2. The van der Waals surface area contributed by atoms with Crippen molar-refractivity contribution >= 4 is 28.8 Å². The summed E-state index contributed by atoms with van der Waals surface area (Å²) >= 11 is 1.46. The van der Waals surface area contributed by atoms with Crippen LogP contribution >= 0.6 is 11.3 Å². The zero-order valence-electron chi connectivity index (χ0n) is 18.7. The molecule has 2 aliphatic heterocycles. The third kappa shape index (κ3) is 3.43. The van der Waals surface area contributed by atoms with Gasteiger partial charge in [-0.3, -0.25) is 0 Å². The van der Waals surface area contributed by atoms with Gasteiger partial charge in [-0.1, -0.05) is 17.9 Å². The second-order valence-electron chi connectivity index (χ2n) is 9.10. The van der Waals surface area contributed by atoms with Gasteiger partial charge < -0.3 is 20.6 Å². The highest BCUT2D eigenvalue weighted by Gasteiger charge is 2.50. The third-order valence-corrected chi connectivity index (χ3v) is 7.30. The van der Waals surface area contributed by atoms with Crippen LogP contribution < -0.4 is 10.6 Å². The van der Waals surface area contributed by atoms with E-state index >= 15 is 0 Å². The molecule has 3 aromatic rings. The molecule has 1 unspecified atom stereocenters. The Labute approximate surface area is 192 Å². The predicted molar refractivity (Wildman–Crippen MR) is 127 cm³/mol. The van der Waals surface area contributed by atoms with Gasteiger partial charge >= 0.3 is 0 Å². The van der Waals surface area contributed by atoms with Crippen LogP contribution in [0.2, 0.25) is 0 Å². The molecule has 3 N–H and O–H groups in total. The van der Waals surface area contributed by atoms with Gasteiger partial charge in [0.2, 0.25) is 5.95 Å². The molecule has 0 aliphatic carbocycles. The van der Waals surface area contributed by atoms with Crippen molar-refractivity contribution in [1.82, 2.24) is 19.9 Å². The Morgan fingerprint density at radius 1 is 1.19 bits per heavy atom. The van der Waals surface area contributed by atoms with Gasteiger partial charge in [0.25, 0.3) is 0 Å². The lowest BCUT2D eigenvalue weighted by Crippen LogP contribution is -2.59. The normalized spacial score (nSPS) is 18.6. The molecule has 0 saturated carbocycles. The number of aromatic nitrogens is 3. The van der Waals surface area contributed by atoms with Crippen LogP contribution in [0.25, 0.3) is 0 Å². The fourth-order valence-electron chi connectivity index (χ4n) is 4.75. The van der Waals surface area contributed by atoms with Gasteiger partial charge in [0, 0.05) is 59.1 Å². The third-order valence-electron chi connectivity index (χ3n) is 6.17. The number of hydrogen-bond acceptors (Lipinski definition) is 8. The molecule has 1 spiro atoms. The van der Waals surface area contributed by atoms with Crippen LogP contribution in [0.1, 0.15) is 33.5 Å². The van der Waals surface area contributed by atoms with Crippen LogP contribution in [-0.4, -0.2) is 51.6 Å². The van der Waals surface area contributed by atoms with Gasteiger partial charge in [0.15, 0.2) is 5.60 Å². The minimum Gasteiger partial charge on any atom is -0.371 e. The van der Waals surface area contributed by atoms with E-state index in [0.717, 1.165) is 47.1 Å². The molecule has 4 heterocycles. The number of likely N-dealkylation sites (N-methyl/N-ethyl adjacent to an activating group) is 1. The zero-order valence-corrected chi connectivity index (χ0v) is 19.5. The highest BCUT2D eigenvalue weighted by molar-refractivity contribution is 7.11. The number of aliphatic hydroxyl groups is 1. The summed E-state index contributed by atoms with van der Waals surface area (Å²) in [6, 6.07) is 6.31. The highest BCUT2D eigenvalue weighted by Crippen LogP contribution is 2.49. The van der Waals surface area contributed by atoms with Crippen molar-refractivity contribution in [3.63, 3.8) is 0 Å². The molecule has 32 heavy (non-hydrogen) atoms. The van der Waals surface area contributed by atoms with Crippen molar-refractivity contribution in [3.8, 4) is 11.8 Å². The second kappa shape index (κ2) is 7.27. The Morgan fingerprint density at radius 2 is 1.97 bits per heavy atom. The number of benzene rings is 1. The van der Waals surface area contributed by atoms with Crippen LogP contribution in [0, 0.1) is 25.7 Å². The smallest absolute Gasteiger partial charge is 0.221 e. The van der Waals surface area contributed by atoms with Crippen LogP contribution in [0.15, 0.2) is 30.6 Å². The van der Waals surface area contributed by atoms with E-state index in [-0.39, 0.29) is 11.4 Å². The van der Waals surface area contributed by atoms with Crippen molar-refractivity contribution < 1.29 is 5.11 Å². The topological polar surface area (TPSA) is 91.4 Å². The Kier molecular flexibility index (Phi) is 4.75. The number of hydrogen-bond donors (Lipinski definition) is 2. The number of anilines is 3. The van der Waals surface area contributed by atoms with E-state index in [0.29, 0.717) is 5.01 Å². The maximum absolute atomic E-state index is 10.8. The molecule has 2 aliphatic rings. The first kappa shape index (κ1) is 20.9. The summed E-state index contributed by atoms with van der Waals surface area (Å²) in [6.45, 7) is 8.50. The second-order valence-corrected chi connectivity index (χ2v) is 10.3. The molecule has 1 aromatic carbocycles. The largest absolute Gasteiger partial charge is 0.371 e. The number of thiazole rings is 1. The van der Waals surface area contributed by atoms with Crippen LogP contribution in [0.5, 0.6) is 0 Å². The van der Waals surface area contributed by atoms with Crippen LogP contribution in [0.3, 0.4) is 0 Å². The summed E-state index contributed by atoms with van der Waals surface area (Å²) in [5.74, 6) is 7.27.